The molecular formula is C12H12BrF2NO. The van der Waals surface area contributed by atoms with Crippen LogP contribution in [0.3, 0.4) is 0 Å². The fourth-order valence-corrected chi connectivity index (χ4v) is 1.93. The Morgan fingerprint density at radius 2 is 2.18 bits per heavy atom. The highest BCUT2D eigenvalue weighted by Gasteiger charge is 2.22. The maximum atomic E-state index is 12.6. The summed E-state index contributed by atoms with van der Waals surface area (Å²) in [5.74, 6) is 0.287. The number of hydrogen-bond donors (Lipinski definition) is 1. The molecule has 1 amide bonds. The van der Waals surface area contributed by atoms with Crippen LogP contribution < -0.4 is 5.32 Å². The van der Waals surface area contributed by atoms with Gasteiger partial charge in [0.2, 0.25) is 0 Å². The van der Waals surface area contributed by atoms with E-state index in [4.69, 9.17) is 0 Å². The van der Waals surface area contributed by atoms with E-state index in [0.29, 0.717) is 16.9 Å². The van der Waals surface area contributed by atoms with Crippen LogP contribution in [0.4, 0.5) is 8.78 Å². The molecule has 1 aliphatic carbocycles. The smallest absolute Gasteiger partial charge is 0.264 e. The molecule has 0 radical (unpaired) electrons. The van der Waals surface area contributed by atoms with Crippen LogP contribution in [-0.4, -0.2) is 12.5 Å². The molecule has 1 saturated carbocycles. The van der Waals surface area contributed by atoms with Crippen molar-refractivity contribution < 1.29 is 13.6 Å². The Morgan fingerprint density at radius 3 is 2.76 bits per heavy atom. The highest BCUT2D eigenvalue weighted by atomic mass is 79.9. The van der Waals surface area contributed by atoms with E-state index >= 15 is 0 Å². The minimum absolute atomic E-state index is 0.149. The number of carbonyl (C=O) groups is 1. The van der Waals surface area contributed by atoms with Crippen molar-refractivity contribution in [3.63, 3.8) is 0 Å². The lowest BCUT2D eigenvalue weighted by Crippen LogP contribution is -2.25. The van der Waals surface area contributed by atoms with Gasteiger partial charge in [-0.1, -0.05) is 15.9 Å². The molecule has 1 fully saturated rings. The molecule has 0 aliphatic heterocycles. The molecule has 0 spiro atoms. The second-order valence-corrected chi connectivity index (χ2v) is 5.04. The molecular weight excluding hydrogens is 292 g/mol. The monoisotopic (exact) mass is 303 g/mol. The van der Waals surface area contributed by atoms with Gasteiger partial charge in [-0.05, 0) is 37.0 Å². The average molecular weight is 304 g/mol. The van der Waals surface area contributed by atoms with Crippen LogP contribution in [0.15, 0.2) is 22.7 Å². The predicted molar refractivity (Wildman–Crippen MR) is 64.2 cm³/mol. The normalized spacial score (nSPS) is 15.1. The number of benzene rings is 1. The van der Waals surface area contributed by atoms with E-state index < -0.39 is 6.43 Å². The van der Waals surface area contributed by atoms with Crippen molar-refractivity contribution in [3.8, 4) is 0 Å². The van der Waals surface area contributed by atoms with E-state index in [9.17, 15) is 13.6 Å². The molecule has 0 heterocycles. The number of halogens is 3. The maximum absolute atomic E-state index is 12.6. The van der Waals surface area contributed by atoms with Crippen LogP contribution in [0, 0.1) is 5.92 Å². The van der Waals surface area contributed by atoms with Gasteiger partial charge in [0.25, 0.3) is 12.3 Å². The van der Waals surface area contributed by atoms with Gasteiger partial charge in [0.1, 0.15) is 0 Å². The van der Waals surface area contributed by atoms with Crippen LogP contribution in [0.25, 0.3) is 0 Å². The Morgan fingerprint density at radius 1 is 1.47 bits per heavy atom. The highest BCUT2D eigenvalue weighted by Crippen LogP contribution is 2.29. The number of carbonyl (C=O) groups excluding carboxylic acids is 1. The fourth-order valence-electron chi connectivity index (χ4n) is 1.51. The van der Waals surface area contributed by atoms with E-state index in [-0.39, 0.29) is 17.0 Å². The quantitative estimate of drug-likeness (QED) is 0.906. The molecule has 0 bridgehead atoms. The largest absolute Gasteiger partial charge is 0.352 e. The van der Waals surface area contributed by atoms with Crippen LogP contribution in [0.5, 0.6) is 0 Å². The molecule has 2 rings (SSSR count). The molecule has 1 aromatic rings. The van der Waals surface area contributed by atoms with Gasteiger partial charge in [0.05, 0.1) is 0 Å². The molecule has 1 aromatic carbocycles. The van der Waals surface area contributed by atoms with Crippen molar-refractivity contribution in [2.45, 2.75) is 19.3 Å². The summed E-state index contributed by atoms with van der Waals surface area (Å²) in [7, 11) is 0. The molecule has 0 saturated heterocycles. The number of alkyl halides is 2. The molecule has 5 heteroatoms. The summed E-state index contributed by atoms with van der Waals surface area (Å²) in [6.07, 6.45) is -0.299. The lowest BCUT2D eigenvalue weighted by Gasteiger charge is -2.07. The summed E-state index contributed by atoms with van der Waals surface area (Å²) in [4.78, 5) is 11.7. The Balaban J connectivity index is 2.08. The van der Waals surface area contributed by atoms with Crippen molar-refractivity contribution in [1.82, 2.24) is 5.32 Å². The number of nitrogens with one attached hydrogen (secondary N) is 1. The first-order valence-electron chi connectivity index (χ1n) is 5.43. The van der Waals surface area contributed by atoms with Crippen molar-refractivity contribution in [2.24, 2.45) is 5.92 Å². The third-order valence-electron chi connectivity index (χ3n) is 2.74. The van der Waals surface area contributed by atoms with Crippen LogP contribution in [0.2, 0.25) is 0 Å². The maximum Gasteiger partial charge on any atom is 0.264 e. The summed E-state index contributed by atoms with van der Waals surface area (Å²) in [5.41, 5.74) is 0.133. The Kier molecular flexibility index (Phi) is 3.76. The zero-order chi connectivity index (χ0) is 12.4. The first kappa shape index (κ1) is 12.5. The number of hydrogen-bond acceptors (Lipinski definition) is 1. The molecule has 1 N–H and O–H groups in total. The summed E-state index contributed by atoms with van der Waals surface area (Å²) in [6, 6.07) is 4.25. The van der Waals surface area contributed by atoms with E-state index in [1.54, 1.807) is 0 Å². The number of amides is 1. The van der Waals surface area contributed by atoms with Gasteiger partial charge in [0, 0.05) is 22.1 Å². The van der Waals surface area contributed by atoms with Crippen LogP contribution >= 0.6 is 15.9 Å². The minimum atomic E-state index is -2.58. The van der Waals surface area contributed by atoms with Crippen LogP contribution in [0.1, 0.15) is 35.2 Å². The summed E-state index contributed by atoms with van der Waals surface area (Å²) in [5, 5.41) is 2.75. The van der Waals surface area contributed by atoms with Gasteiger partial charge in [-0.25, -0.2) is 8.78 Å². The highest BCUT2D eigenvalue weighted by molar-refractivity contribution is 9.10. The first-order valence-corrected chi connectivity index (χ1v) is 6.23. The lowest BCUT2D eigenvalue weighted by atomic mass is 10.1. The van der Waals surface area contributed by atoms with E-state index in [1.165, 1.54) is 18.2 Å². The standard InChI is InChI=1S/C12H12BrF2NO/c13-10-4-3-8(5-9(10)11(14)15)12(17)16-6-7-1-2-7/h3-5,7,11H,1-2,6H2,(H,16,17). The van der Waals surface area contributed by atoms with Gasteiger partial charge in [-0.3, -0.25) is 4.79 Å². The summed E-state index contributed by atoms with van der Waals surface area (Å²) < 4.78 is 25.6. The van der Waals surface area contributed by atoms with Crippen molar-refractivity contribution >= 4 is 21.8 Å². The van der Waals surface area contributed by atoms with Crippen LogP contribution in [-0.2, 0) is 0 Å². The van der Waals surface area contributed by atoms with Crippen molar-refractivity contribution in [3.05, 3.63) is 33.8 Å². The predicted octanol–water partition coefficient (Wildman–Crippen LogP) is 3.53. The van der Waals surface area contributed by atoms with Gasteiger partial charge in [-0.15, -0.1) is 0 Å². The van der Waals surface area contributed by atoms with Gasteiger partial charge in [-0.2, -0.15) is 0 Å². The average Bonchev–Trinajstić information content (AvgIpc) is 3.10. The third-order valence-corrected chi connectivity index (χ3v) is 3.46. The van der Waals surface area contributed by atoms with Gasteiger partial charge < -0.3 is 5.32 Å². The zero-order valence-electron chi connectivity index (χ0n) is 9.05. The lowest BCUT2D eigenvalue weighted by molar-refractivity contribution is 0.0951. The SMILES string of the molecule is O=C(NCC1CC1)c1ccc(Br)c(C(F)F)c1. The van der Waals surface area contributed by atoms with Gasteiger partial charge in [0.15, 0.2) is 0 Å². The van der Waals surface area contributed by atoms with Gasteiger partial charge >= 0.3 is 0 Å². The summed E-state index contributed by atoms with van der Waals surface area (Å²) in [6.45, 7) is 0.638. The fraction of sp³-hybridized carbons (Fsp3) is 0.417. The van der Waals surface area contributed by atoms with Crippen molar-refractivity contribution in [2.75, 3.05) is 6.54 Å². The molecule has 92 valence electrons. The Hall–Kier alpha value is -0.970. The first-order chi connectivity index (χ1) is 8.08. The summed E-state index contributed by atoms with van der Waals surface area (Å²) >= 11 is 3.04. The topological polar surface area (TPSA) is 29.1 Å². The Labute approximate surface area is 107 Å². The molecule has 1 aliphatic rings. The molecule has 0 atom stereocenters. The van der Waals surface area contributed by atoms with E-state index in [0.717, 1.165) is 12.8 Å². The number of rotatable bonds is 4. The van der Waals surface area contributed by atoms with Crippen molar-refractivity contribution in [1.29, 1.82) is 0 Å². The third kappa shape index (κ3) is 3.25. The molecule has 17 heavy (non-hydrogen) atoms. The zero-order valence-corrected chi connectivity index (χ0v) is 10.6. The second kappa shape index (κ2) is 5.12. The minimum Gasteiger partial charge on any atom is -0.352 e. The molecule has 2 nitrogen and oxygen atoms in total. The molecule has 0 unspecified atom stereocenters. The Bertz CT molecular complexity index is 433. The molecule has 0 aromatic heterocycles. The second-order valence-electron chi connectivity index (χ2n) is 4.19. The van der Waals surface area contributed by atoms with E-state index in [1.807, 2.05) is 0 Å². The van der Waals surface area contributed by atoms with E-state index in [2.05, 4.69) is 21.2 Å².